The Morgan fingerprint density at radius 1 is 1.32 bits per heavy atom. The fourth-order valence-electron chi connectivity index (χ4n) is 1.74. The first-order chi connectivity index (χ1) is 8.70. The van der Waals surface area contributed by atoms with Crippen molar-refractivity contribution in [3.05, 3.63) is 29.8 Å². The van der Waals surface area contributed by atoms with Gasteiger partial charge in [-0.3, -0.25) is 0 Å². The molecule has 2 rings (SSSR count). The van der Waals surface area contributed by atoms with Gasteiger partial charge in [0.2, 0.25) is 0 Å². The van der Waals surface area contributed by atoms with Gasteiger partial charge >= 0.3 is 12.0 Å². The van der Waals surface area contributed by atoms with E-state index in [9.17, 15) is 22.0 Å². The second-order valence-electron chi connectivity index (χ2n) is 4.26. The molecular formula is C11H11F2NO4S. The number of halogens is 2. The minimum Gasteiger partial charge on any atom is -0.443 e. The van der Waals surface area contributed by atoms with Crippen molar-refractivity contribution < 1.29 is 26.7 Å². The molecule has 1 aliphatic heterocycles. The van der Waals surface area contributed by atoms with E-state index in [0.717, 1.165) is 6.26 Å². The van der Waals surface area contributed by atoms with Crippen molar-refractivity contribution in [2.24, 2.45) is 0 Å². The summed E-state index contributed by atoms with van der Waals surface area (Å²) in [5, 5.41) is 2.02. The van der Waals surface area contributed by atoms with Crippen LogP contribution in [-0.2, 0) is 14.6 Å². The predicted molar refractivity (Wildman–Crippen MR) is 61.7 cm³/mol. The molecule has 104 valence electrons. The number of alkyl carbamates (subject to hydrolysis) is 1. The lowest BCUT2D eigenvalue weighted by Crippen LogP contribution is -2.49. The van der Waals surface area contributed by atoms with E-state index in [2.05, 4.69) is 4.74 Å². The molecule has 1 atom stereocenters. The number of amides is 1. The number of sulfone groups is 1. The van der Waals surface area contributed by atoms with Crippen LogP contribution in [0.2, 0.25) is 0 Å². The number of benzene rings is 1. The molecular weight excluding hydrogens is 280 g/mol. The van der Waals surface area contributed by atoms with Crippen LogP contribution in [0.5, 0.6) is 0 Å². The summed E-state index contributed by atoms with van der Waals surface area (Å²) in [6.07, 6.45) is 0.0930. The fraction of sp³-hybridized carbons (Fsp3) is 0.364. The molecule has 1 saturated heterocycles. The maximum Gasteiger partial charge on any atom is 0.408 e. The molecule has 0 bridgehead atoms. The summed E-state index contributed by atoms with van der Waals surface area (Å²) in [7, 11) is -3.39. The van der Waals surface area contributed by atoms with Gasteiger partial charge in [-0.15, -0.1) is 0 Å². The maximum atomic E-state index is 13.6. The van der Waals surface area contributed by atoms with Gasteiger partial charge in [-0.1, -0.05) is 12.1 Å². The zero-order valence-corrected chi connectivity index (χ0v) is 10.7. The van der Waals surface area contributed by atoms with E-state index in [1.807, 2.05) is 5.32 Å². The quantitative estimate of drug-likeness (QED) is 0.896. The number of hydrogen-bond donors (Lipinski definition) is 1. The first-order valence-electron chi connectivity index (χ1n) is 5.31. The standard InChI is InChI=1S/C11H11F2NO4S/c1-19(16,17)8-4-2-7(3-5-8)9-11(12,13)6-18-10(15)14-9/h2-5,9H,6H2,1H3,(H,14,15)/t9-/m1/s1. The lowest BCUT2D eigenvalue weighted by Gasteiger charge is -2.31. The molecule has 0 aliphatic carbocycles. The van der Waals surface area contributed by atoms with E-state index in [0.29, 0.717) is 0 Å². The van der Waals surface area contributed by atoms with Gasteiger partial charge in [0.15, 0.2) is 16.4 Å². The van der Waals surface area contributed by atoms with Crippen molar-refractivity contribution in [2.45, 2.75) is 16.9 Å². The van der Waals surface area contributed by atoms with Gasteiger partial charge in [-0.25, -0.2) is 22.0 Å². The topological polar surface area (TPSA) is 72.5 Å². The summed E-state index contributed by atoms with van der Waals surface area (Å²) < 4.78 is 54.0. The maximum absolute atomic E-state index is 13.6. The van der Waals surface area contributed by atoms with Crippen molar-refractivity contribution in [3.8, 4) is 0 Å². The molecule has 0 radical (unpaired) electrons. The van der Waals surface area contributed by atoms with E-state index in [4.69, 9.17) is 0 Å². The highest BCUT2D eigenvalue weighted by molar-refractivity contribution is 7.90. The molecule has 0 aromatic heterocycles. The van der Waals surface area contributed by atoms with Crippen LogP contribution >= 0.6 is 0 Å². The molecule has 1 N–H and O–H groups in total. The van der Waals surface area contributed by atoms with Crippen molar-refractivity contribution in [1.82, 2.24) is 5.32 Å². The Morgan fingerprint density at radius 3 is 2.42 bits per heavy atom. The number of rotatable bonds is 2. The van der Waals surface area contributed by atoms with E-state index < -0.39 is 34.5 Å². The second kappa shape index (κ2) is 4.44. The molecule has 0 spiro atoms. The Bertz CT molecular complexity index is 598. The summed E-state index contributed by atoms with van der Waals surface area (Å²) in [6, 6.07) is 3.42. The number of cyclic esters (lactones) is 1. The molecule has 0 unspecified atom stereocenters. The first kappa shape index (κ1) is 13.7. The van der Waals surface area contributed by atoms with Crippen LogP contribution < -0.4 is 5.32 Å². The molecule has 1 fully saturated rings. The summed E-state index contributed by atoms with van der Waals surface area (Å²) in [5.41, 5.74) is 0.119. The molecule has 1 heterocycles. The van der Waals surface area contributed by atoms with Crippen LogP contribution in [0, 0.1) is 0 Å². The predicted octanol–water partition coefficient (Wildman–Crippen LogP) is 1.51. The number of hydrogen-bond acceptors (Lipinski definition) is 4. The van der Waals surface area contributed by atoms with Gasteiger partial charge in [0, 0.05) is 6.26 Å². The molecule has 8 heteroatoms. The van der Waals surface area contributed by atoms with Crippen molar-refractivity contribution in [2.75, 3.05) is 12.9 Å². The summed E-state index contributed by atoms with van der Waals surface area (Å²) >= 11 is 0. The van der Waals surface area contributed by atoms with Crippen molar-refractivity contribution >= 4 is 15.9 Å². The largest absolute Gasteiger partial charge is 0.443 e. The Labute approximate surface area is 108 Å². The third-order valence-electron chi connectivity index (χ3n) is 2.72. The summed E-state index contributed by atoms with van der Waals surface area (Å²) in [4.78, 5) is 11.0. The highest BCUT2D eigenvalue weighted by atomic mass is 32.2. The SMILES string of the molecule is CS(=O)(=O)c1ccc([C@H]2NC(=O)OCC2(F)F)cc1. The van der Waals surface area contributed by atoms with Crippen LogP contribution in [-0.4, -0.2) is 33.3 Å². The van der Waals surface area contributed by atoms with Crippen molar-refractivity contribution in [1.29, 1.82) is 0 Å². The van der Waals surface area contributed by atoms with Gasteiger partial charge in [0.1, 0.15) is 6.04 Å². The molecule has 0 saturated carbocycles. The van der Waals surface area contributed by atoms with Gasteiger partial charge in [-0.05, 0) is 17.7 Å². The molecule has 1 aliphatic rings. The summed E-state index contributed by atoms with van der Waals surface area (Å²) in [6.45, 7) is -1.00. The van der Waals surface area contributed by atoms with Crippen LogP contribution in [0.15, 0.2) is 29.2 Å². The Kier molecular flexibility index (Phi) is 3.21. The Balaban J connectivity index is 2.33. The third-order valence-corrected chi connectivity index (χ3v) is 3.85. The normalized spacial score (nSPS) is 22.5. The average molecular weight is 291 g/mol. The van der Waals surface area contributed by atoms with Crippen LogP contribution in [0.25, 0.3) is 0 Å². The zero-order valence-electron chi connectivity index (χ0n) is 9.89. The second-order valence-corrected chi connectivity index (χ2v) is 6.27. The fourth-order valence-corrected chi connectivity index (χ4v) is 2.38. The number of carbonyl (C=O) groups excluding carboxylic acids is 1. The van der Waals surface area contributed by atoms with Crippen molar-refractivity contribution in [3.63, 3.8) is 0 Å². The number of nitrogens with one attached hydrogen (secondary N) is 1. The zero-order chi connectivity index (χ0) is 14.3. The van der Waals surface area contributed by atoms with Crippen LogP contribution in [0.3, 0.4) is 0 Å². The molecule has 19 heavy (non-hydrogen) atoms. The number of alkyl halides is 2. The highest BCUT2D eigenvalue weighted by Crippen LogP contribution is 2.34. The average Bonchev–Trinajstić information content (AvgIpc) is 2.31. The minimum absolute atomic E-state index is 0.0259. The van der Waals surface area contributed by atoms with Crippen LogP contribution in [0.1, 0.15) is 11.6 Å². The van der Waals surface area contributed by atoms with Gasteiger partial charge in [-0.2, -0.15) is 0 Å². The molecule has 1 aromatic rings. The Hall–Kier alpha value is -1.70. The molecule has 1 aromatic carbocycles. The van der Waals surface area contributed by atoms with E-state index >= 15 is 0 Å². The van der Waals surface area contributed by atoms with Gasteiger partial charge in [0.25, 0.3) is 0 Å². The van der Waals surface area contributed by atoms with Gasteiger partial charge < -0.3 is 10.1 Å². The lowest BCUT2D eigenvalue weighted by molar-refractivity contribution is -0.104. The molecule has 5 nitrogen and oxygen atoms in total. The third kappa shape index (κ3) is 2.83. The Morgan fingerprint density at radius 2 is 1.89 bits per heavy atom. The van der Waals surface area contributed by atoms with E-state index in [1.165, 1.54) is 24.3 Å². The lowest BCUT2D eigenvalue weighted by atomic mass is 10.0. The van der Waals surface area contributed by atoms with E-state index in [-0.39, 0.29) is 10.5 Å². The smallest absolute Gasteiger partial charge is 0.408 e. The summed E-state index contributed by atoms with van der Waals surface area (Å²) in [5.74, 6) is -3.25. The monoisotopic (exact) mass is 291 g/mol. The number of carbonyl (C=O) groups is 1. The number of ether oxygens (including phenoxy) is 1. The first-order valence-corrected chi connectivity index (χ1v) is 7.20. The highest BCUT2D eigenvalue weighted by Gasteiger charge is 2.46. The minimum atomic E-state index is -3.39. The molecule has 1 amide bonds. The van der Waals surface area contributed by atoms with Crippen LogP contribution in [0.4, 0.5) is 13.6 Å². The van der Waals surface area contributed by atoms with E-state index in [1.54, 1.807) is 0 Å². The van der Waals surface area contributed by atoms with Gasteiger partial charge in [0.05, 0.1) is 4.90 Å².